The van der Waals surface area contributed by atoms with Crippen LogP contribution in [0.1, 0.15) is 30.9 Å². The molecule has 0 bridgehead atoms. The highest BCUT2D eigenvalue weighted by Crippen LogP contribution is 2.32. The van der Waals surface area contributed by atoms with Gasteiger partial charge in [0.2, 0.25) is 0 Å². The number of unbranched alkanes of at least 4 members (excludes halogenated alkanes) is 1. The second-order valence-electron chi connectivity index (χ2n) is 6.64. The molecule has 0 fully saturated rings. The number of aromatic nitrogens is 2. The van der Waals surface area contributed by atoms with Crippen molar-refractivity contribution in [1.82, 2.24) is 15.3 Å². The molecule has 0 aliphatic carbocycles. The van der Waals surface area contributed by atoms with Crippen LogP contribution >= 0.6 is 0 Å². The Balaban J connectivity index is 1.73. The Morgan fingerprint density at radius 2 is 2.17 bits per heavy atom. The topological polar surface area (TPSA) is 111 Å². The van der Waals surface area contributed by atoms with Crippen LogP contribution in [0.2, 0.25) is 0 Å². The number of pyridine rings is 1. The van der Waals surface area contributed by atoms with Crippen LogP contribution in [0.4, 0.5) is 4.39 Å². The summed E-state index contributed by atoms with van der Waals surface area (Å²) >= 11 is 0. The number of H-pyrrole nitrogens is 1. The monoisotopic (exact) mass is 398 g/mol. The number of aromatic amines is 1. The average Bonchev–Trinajstić information content (AvgIpc) is 3.14. The largest absolute Gasteiger partial charge is 0.453 e. The van der Waals surface area contributed by atoms with E-state index in [1.54, 1.807) is 18.3 Å². The van der Waals surface area contributed by atoms with Gasteiger partial charge in [0.25, 0.3) is 5.91 Å². The molecule has 3 aromatic rings. The van der Waals surface area contributed by atoms with E-state index in [4.69, 9.17) is 10.1 Å². The van der Waals surface area contributed by atoms with Gasteiger partial charge >= 0.3 is 0 Å². The molecule has 29 heavy (non-hydrogen) atoms. The minimum atomic E-state index is -0.604. The van der Waals surface area contributed by atoms with Crippen LogP contribution in [-0.2, 0) is 17.8 Å². The lowest BCUT2D eigenvalue weighted by atomic mass is 10.1. The van der Waals surface area contributed by atoms with E-state index in [9.17, 15) is 14.3 Å². The predicted octanol–water partition coefficient (Wildman–Crippen LogP) is 3.47. The lowest BCUT2D eigenvalue weighted by Crippen LogP contribution is -2.32. The third-order valence-corrected chi connectivity index (χ3v) is 4.47. The highest BCUT2D eigenvalue weighted by molar-refractivity contribution is 6.38. The number of rotatable bonds is 9. The molecule has 0 saturated carbocycles. The highest BCUT2D eigenvalue weighted by atomic mass is 19.1. The number of amides is 1. The van der Waals surface area contributed by atoms with Crippen molar-refractivity contribution in [2.45, 2.75) is 32.8 Å². The fraction of sp³-hybridized carbons (Fsp3) is 0.286. The Hall–Kier alpha value is -3.26. The molecule has 2 heterocycles. The lowest BCUT2D eigenvalue weighted by Gasteiger charge is -2.10. The second kappa shape index (κ2) is 9.29. The van der Waals surface area contributed by atoms with E-state index in [1.807, 2.05) is 6.92 Å². The summed E-state index contributed by atoms with van der Waals surface area (Å²) in [4.78, 5) is 19.0. The number of fused-ring (bicyclic) bond motifs is 1. The number of aliphatic hydroxyl groups is 1. The van der Waals surface area contributed by atoms with Crippen molar-refractivity contribution in [1.29, 1.82) is 5.41 Å². The molecule has 4 N–H and O–H groups in total. The van der Waals surface area contributed by atoms with E-state index in [0.717, 1.165) is 12.8 Å². The first-order chi connectivity index (χ1) is 14.0. The van der Waals surface area contributed by atoms with Crippen LogP contribution in [0.15, 0.2) is 36.7 Å². The van der Waals surface area contributed by atoms with Crippen molar-refractivity contribution in [3.8, 4) is 11.5 Å². The number of carbonyl (C=O) groups is 1. The van der Waals surface area contributed by atoms with Gasteiger partial charge in [0.1, 0.15) is 17.1 Å². The molecule has 0 atom stereocenters. The summed E-state index contributed by atoms with van der Waals surface area (Å²) in [5.74, 6) is -0.671. The number of nitrogens with one attached hydrogen (secondary N) is 3. The van der Waals surface area contributed by atoms with E-state index in [1.165, 1.54) is 18.3 Å². The maximum Gasteiger partial charge on any atom is 0.265 e. The van der Waals surface area contributed by atoms with Gasteiger partial charge in [-0.05, 0) is 30.2 Å². The van der Waals surface area contributed by atoms with Gasteiger partial charge < -0.3 is 20.1 Å². The molecule has 1 aromatic carbocycles. The first-order valence-electron chi connectivity index (χ1n) is 9.41. The molecule has 1 amide bonds. The molecule has 0 aliphatic rings. The van der Waals surface area contributed by atoms with Crippen LogP contribution in [-0.4, -0.2) is 33.2 Å². The molecule has 0 radical (unpaired) electrons. The standard InChI is InChI=1S/C21H23FN4O3/c1-2-3-7-25-21(28)16(23)10-13-4-5-17(15(22)9-13)29-18-6-8-24-20-19(18)14(12-27)11-26-20/h4-6,8-9,11,23,27H,2-3,7,10,12H2,1H3,(H,24,26)(H,25,28). The van der Waals surface area contributed by atoms with Gasteiger partial charge in [-0.15, -0.1) is 0 Å². The highest BCUT2D eigenvalue weighted by Gasteiger charge is 2.15. The second-order valence-corrected chi connectivity index (χ2v) is 6.64. The SMILES string of the molecule is CCCCNC(=O)C(=N)Cc1ccc(Oc2ccnc3[nH]cc(CO)c23)c(F)c1. The summed E-state index contributed by atoms with van der Waals surface area (Å²) < 4.78 is 20.3. The van der Waals surface area contributed by atoms with Crippen molar-refractivity contribution < 1.29 is 19.0 Å². The summed E-state index contributed by atoms with van der Waals surface area (Å²) in [7, 11) is 0. The van der Waals surface area contributed by atoms with Crippen LogP contribution < -0.4 is 10.1 Å². The minimum Gasteiger partial charge on any atom is -0.453 e. The number of ether oxygens (including phenoxy) is 1. The Morgan fingerprint density at radius 3 is 2.90 bits per heavy atom. The minimum absolute atomic E-state index is 0.00488. The normalized spacial score (nSPS) is 10.9. The summed E-state index contributed by atoms with van der Waals surface area (Å²) in [6.07, 6.45) is 4.98. The zero-order valence-electron chi connectivity index (χ0n) is 16.1. The fourth-order valence-corrected chi connectivity index (χ4v) is 2.93. The molecular weight excluding hydrogens is 375 g/mol. The van der Waals surface area contributed by atoms with Crippen molar-refractivity contribution in [2.75, 3.05) is 6.54 Å². The number of hydrogen-bond acceptors (Lipinski definition) is 5. The Bertz CT molecular complexity index is 1030. The third kappa shape index (κ3) is 4.78. The van der Waals surface area contributed by atoms with Gasteiger partial charge in [0.05, 0.1) is 12.0 Å². The number of carbonyl (C=O) groups excluding carboxylic acids is 1. The first kappa shape index (κ1) is 20.5. The zero-order chi connectivity index (χ0) is 20.8. The number of halogens is 1. The van der Waals surface area contributed by atoms with Gasteiger partial charge in [0.15, 0.2) is 11.6 Å². The first-order valence-corrected chi connectivity index (χ1v) is 9.41. The maximum atomic E-state index is 14.6. The fourth-order valence-electron chi connectivity index (χ4n) is 2.93. The summed E-state index contributed by atoms with van der Waals surface area (Å²) in [5, 5.41) is 20.6. The molecule has 152 valence electrons. The Morgan fingerprint density at radius 1 is 1.34 bits per heavy atom. The molecule has 8 heteroatoms. The molecule has 7 nitrogen and oxygen atoms in total. The smallest absolute Gasteiger partial charge is 0.265 e. The van der Waals surface area contributed by atoms with E-state index < -0.39 is 11.7 Å². The van der Waals surface area contributed by atoms with Crippen LogP contribution in [0.5, 0.6) is 11.5 Å². The molecule has 0 unspecified atom stereocenters. The number of benzene rings is 1. The number of hydrogen-bond donors (Lipinski definition) is 4. The van der Waals surface area contributed by atoms with Gasteiger partial charge in [0, 0.05) is 30.9 Å². The summed E-state index contributed by atoms with van der Waals surface area (Å²) in [6.45, 7) is 2.33. The van der Waals surface area contributed by atoms with Gasteiger partial charge in [-0.25, -0.2) is 9.37 Å². The summed E-state index contributed by atoms with van der Waals surface area (Å²) in [5.41, 5.74) is 1.52. The van der Waals surface area contributed by atoms with E-state index >= 15 is 0 Å². The van der Waals surface area contributed by atoms with Crippen molar-refractivity contribution in [3.63, 3.8) is 0 Å². The molecular formula is C21H23FN4O3. The van der Waals surface area contributed by atoms with Crippen molar-refractivity contribution >= 4 is 22.7 Å². The van der Waals surface area contributed by atoms with E-state index in [0.29, 0.717) is 34.5 Å². The van der Waals surface area contributed by atoms with E-state index in [2.05, 4.69) is 15.3 Å². The predicted molar refractivity (Wildman–Crippen MR) is 108 cm³/mol. The van der Waals surface area contributed by atoms with Crippen LogP contribution in [0.3, 0.4) is 0 Å². The Kier molecular flexibility index (Phi) is 6.56. The third-order valence-electron chi connectivity index (χ3n) is 4.47. The quantitative estimate of drug-likeness (QED) is 0.327. The number of aliphatic hydroxyl groups excluding tert-OH is 1. The molecule has 0 saturated heterocycles. The lowest BCUT2D eigenvalue weighted by molar-refractivity contribution is -0.114. The molecule has 2 aromatic heterocycles. The maximum absolute atomic E-state index is 14.6. The molecule has 0 spiro atoms. The van der Waals surface area contributed by atoms with Crippen molar-refractivity contribution in [3.05, 3.63) is 53.6 Å². The van der Waals surface area contributed by atoms with Crippen molar-refractivity contribution in [2.24, 2.45) is 0 Å². The molecule has 0 aliphatic heterocycles. The van der Waals surface area contributed by atoms with E-state index in [-0.39, 0.29) is 24.5 Å². The Labute approximate surface area is 167 Å². The zero-order valence-corrected chi connectivity index (χ0v) is 16.1. The van der Waals surface area contributed by atoms with Gasteiger partial charge in [-0.3, -0.25) is 10.2 Å². The van der Waals surface area contributed by atoms with Gasteiger partial charge in [-0.2, -0.15) is 0 Å². The van der Waals surface area contributed by atoms with Gasteiger partial charge in [-0.1, -0.05) is 19.4 Å². The average molecular weight is 398 g/mol. The molecule has 3 rings (SSSR count). The van der Waals surface area contributed by atoms with Crippen LogP contribution in [0, 0.1) is 11.2 Å². The summed E-state index contributed by atoms with van der Waals surface area (Å²) in [6, 6.07) is 5.93. The van der Waals surface area contributed by atoms with Crippen LogP contribution in [0.25, 0.3) is 11.0 Å². The number of nitrogens with zero attached hydrogens (tertiary/aromatic N) is 1.